The zero-order valence-corrected chi connectivity index (χ0v) is 22.0. The van der Waals surface area contributed by atoms with Crippen LogP contribution in [0.3, 0.4) is 0 Å². The van der Waals surface area contributed by atoms with Gasteiger partial charge < -0.3 is 19.5 Å². The number of nitrogens with zero attached hydrogens (tertiary/aromatic N) is 3. The van der Waals surface area contributed by atoms with E-state index < -0.39 is 11.0 Å². The van der Waals surface area contributed by atoms with Crippen LogP contribution in [0.5, 0.6) is 0 Å². The van der Waals surface area contributed by atoms with Gasteiger partial charge in [0.15, 0.2) is 0 Å². The van der Waals surface area contributed by atoms with Crippen LogP contribution >= 0.6 is 0 Å². The molecule has 194 valence electrons. The summed E-state index contributed by atoms with van der Waals surface area (Å²) in [5.74, 6) is 0.634. The Hall–Kier alpha value is -2.93. The molecule has 2 aromatic rings. The SMILES string of the molecule is CN(C)C(=O)c1cn(CC2(O)CCN(C(=O)CCC3CCC3)CC2(C)C)c(=O)cc1-c1ccccc1. The third-order valence-corrected chi connectivity index (χ3v) is 8.26. The van der Waals surface area contributed by atoms with Crippen molar-refractivity contribution < 1.29 is 14.7 Å². The molecule has 0 bridgehead atoms. The summed E-state index contributed by atoms with van der Waals surface area (Å²) in [6.07, 6.45) is 7.21. The summed E-state index contributed by atoms with van der Waals surface area (Å²) in [5, 5.41) is 11.8. The van der Waals surface area contributed by atoms with Crippen LogP contribution in [0.2, 0.25) is 0 Å². The molecule has 7 heteroatoms. The number of benzene rings is 1. The van der Waals surface area contributed by atoms with Gasteiger partial charge >= 0.3 is 0 Å². The van der Waals surface area contributed by atoms with Crippen LogP contribution in [-0.2, 0) is 11.3 Å². The van der Waals surface area contributed by atoms with Crippen LogP contribution in [0.4, 0.5) is 0 Å². The lowest BCUT2D eigenvalue weighted by Crippen LogP contribution is -2.60. The predicted molar refractivity (Wildman–Crippen MR) is 141 cm³/mol. The van der Waals surface area contributed by atoms with Crippen LogP contribution in [0.25, 0.3) is 11.1 Å². The quantitative estimate of drug-likeness (QED) is 0.636. The van der Waals surface area contributed by atoms with Gasteiger partial charge in [-0.1, -0.05) is 63.4 Å². The van der Waals surface area contributed by atoms with Gasteiger partial charge in [-0.25, -0.2) is 0 Å². The highest BCUT2D eigenvalue weighted by atomic mass is 16.3. The molecule has 1 saturated carbocycles. The van der Waals surface area contributed by atoms with Gasteiger partial charge in [0.1, 0.15) is 0 Å². The maximum atomic E-state index is 13.2. The van der Waals surface area contributed by atoms with E-state index >= 15 is 0 Å². The summed E-state index contributed by atoms with van der Waals surface area (Å²) in [5.41, 5.74) is -0.314. The minimum atomic E-state index is -1.20. The number of carbonyl (C=O) groups is 2. The summed E-state index contributed by atoms with van der Waals surface area (Å²) in [6.45, 7) is 4.87. The molecule has 2 fully saturated rings. The van der Waals surface area contributed by atoms with Crippen molar-refractivity contribution in [2.24, 2.45) is 11.3 Å². The lowest BCUT2D eigenvalue weighted by atomic mass is 9.69. The van der Waals surface area contributed by atoms with Gasteiger partial charge in [0, 0.05) is 56.8 Å². The largest absolute Gasteiger partial charge is 0.387 e. The number of pyridine rings is 1. The third-order valence-electron chi connectivity index (χ3n) is 8.26. The van der Waals surface area contributed by atoms with Gasteiger partial charge in [-0.2, -0.15) is 0 Å². The smallest absolute Gasteiger partial charge is 0.255 e. The van der Waals surface area contributed by atoms with E-state index in [0.717, 1.165) is 12.0 Å². The summed E-state index contributed by atoms with van der Waals surface area (Å²) >= 11 is 0. The second-order valence-corrected chi connectivity index (χ2v) is 11.4. The molecule has 1 aliphatic carbocycles. The molecule has 7 nitrogen and oxygen atoms in total. The minimum absolute atomic E-state index is 0.0612. The standard InChI is InChI=1S/C29H39N3O4/c1-28(2)19-31(25(33)14-13-21-9-8-10-21)16-15-29(28,36)20-32-18-24(27(35)30(3)4)23(17-26(32)34)22-11-6-5-7-12-22/h5-7,11-12,17-18,21,36H,8-10,13-16,19-20H2,1-4H3. The summed E-state index contributed by atoms with van der Waals surface area (Å²) in [4.78, 5) is 42.5. The molecular weight excluding hydrogens is 454 g/mol. The average molecular weight is 494 g/mol. The Bertz CT molecular complexity index is 1170. The Morgan fingerprint density at radius 3 is 2.42 bits per heavy atom. The van der Waals surface area contributed by atoms with Crippen LogP contribution in [0.1, 0.15) is 62.7 Å². The van der Waals surface area contributed by atoms with Crippen molar-refractivity contribution in [3.05, 3.63) is 58.5 Å². The first kappa shape index (κ1) is 26.1. The van der Waals surface area contributed by atoms with Gasteiger partial charge in [0.25, 0.3) is 11.5 Å². The molecular formula is C29H39N3O4. The first-order chi connectivity index (χ1) is 17.0. The van der Waals surface area contributed by atoms with E-state index in [1.165, 1.54) is 34.8 Å². The highest BCUT2D eigenvalue weighted by molar-refractivity contribution is 6.00. The highest BCUT2D eigenvalue weighted by Crippen LogP contribution is 2.40. The fourth-order valence-corrected chi connectivity index (χ4v) is 5.38. The van der Waals surface area contributed by atoms with Crippen molar-refractivity contribution in [2.45, 2.75) is 64.5 Å². The molecule has 36 heavy (non-hydrogen) atoms. The van der Waals surface area contributed by atoms with E-state index in [1.807, 2.05) is 49.1 Å². The molecule has 2 amide bonds. The Labute approximate surface area is 213 Å². The lowest BCUT2D eigenvalue weighted by Gasteiger charge is -2.50. The molecule has 2 heterocycles. The monoisotopic (exact) mass is 493 g/mol. The molecule has 1 saturated heterocycles. The van der Waals surface area contributed by atoms with E-state index in [9.17, 15) is 19.5 Å². The first-order valence-corrected chi connectivity index (χ1v) is 13.0. The van der Waals surface area contributed by atoms with Gasteiger partial charge in [0.05, 0.1) is 17.7 Å². The van der Waals surface area contributed by atoms with Gasteiger partial charge in [-0.3, -0.25) is 14.4 Å². The fraction of sp³-hybridized carbons (Fsp3) is 0.552. The van der Waals surface area contributed by atoms with E-state index in [-0.39, 0.29) is 23.9 Å². The van der Waals surface area contributed by atoms with Crippen molar-refractivity contribution >= 4 is 11.8 Å². The van der Waals surface area contributed by atoms with E-state index in [4.69, 9.17) is 0 Å². The maximum absolute atomic E-state index is 13.2. The molecule has 0 spiro atoms. The van der Waals surface area contributed by atoms with Crippen LogP contribution in [0.15, 0.2) is 47.4 Å². The Kier molecular flexibility index (Phi) is 7.41. The summed E-state index contributed by atoms with van der Waals surface area (Å²) in [6, 6.07) is 10.9. The van der Waals surface area contributed by atoms with Gasteiger partial charge in [-0.15, -0.1) is 0 Å². The minimum Gasteiger partial charge on any atom is -0.387 e. The molecule has 2 aliphatic rings. The number of likely N-dealkylation sites (tertiary alicyclic amines) is 1. The number of aromatic nitrogens is 1. The molecule has 1 aromatic carbocycles. The first-order valence-electron chi connectivity index (χ1n) is 13.0. The second-order valence-electron chi connectivity index (χ2n) is 11.4. The molecule has 4 rings (SSSR count). The van der Waals surface area contributed by atoms with E-state index in [1.54, 1.807) is 20.3 Å². The lowest BCUT2D eigenvalue weighted by molar-refractivity contribution is -0.154. The van der Waals surface area contributed by atoms with Crippen molar-refractivity contribution in [3.63, 3.8) is 0 Å². The topological polar surface area (TPSA) is 82.8 Å². The summed E-state index contributed by atoms with van der Waals surface area (Å²) < 4.78 is 1.46. The third kappa shape index (κ3) is 5.26. The van der Waals surface area contributed by atoms with Gasteiger partial charge in [0.2, 0.25) is 5.91 Å². The molecule has 1 N–H and O–H groups in total. The number of rotatable bonds is 7. The van der Waals surface area contributed by atoms with Crippen molar-refractivity contribution in [3.8, 4) is 11.1 Å². The molecule has 0 radical (unpaired) electrons. The van der Waals surface area contributed by atoms with Crippen LogP contribution in [-0.4, -0.2) is 64.1 Å². The zero-order valence-electron chi connectivity index (χ0n) is 22.0. The molecule has 1 aliphatic heterocycles. The van der Waals surface area contributed by atoms with E-state index in [2.05, 4.69) is 0 Å². The van der Waals surface area contributed by atoms with Crippen molar-refractivity contribution in [2.75, 3.05) is 27.2 Å². The van der Waals surface area contributed by atoms with Crippen LogP contribution < -0.4 is 5.56 Å². The van der Waals surface area contributed by atoms with E-state index in [0.29, 0.717) is 43.0 Å². The number of hydrogen-bond acceptors (Lipinski definition) is 4. The Balaban J connectivity index is 1.57. The molecule has 1 unspecified atom stereocenters. The molecule has 1 atom stereocenters. The number of hydrogen-bond donors (Lipinski definition) is 1. The number of amides is 2. The predicted octanol–water partition coefficient (Wildman–Crippen LogP) is 3.79. The van der Waals surface area contributed by atoms with Crippen molar-refractivity contribution in [1.82, 2.24) is 14.4 Å². The second kappa shape index (κ2) is 10.2. The normalized spacial score (nSPS) is 21.6. The zero-order chi connectivity index (χ0) is 26.1. The average Bonchev–Trinajstić information content (AvgIpc) is 2.81. The van der Waals surface area contributed by atoms with Crippen molar-refractivity contribution in [1.29, 1.82) is 0 Å². The number of aliphatic hydroxyl groups is 1. The highest BCUT2D eigenvalue weighted by Gasteiger charge is 2.49. The number of carbonyl (C=O) groups excluding carboxylic acids is 2. The van der Waals surface area contributed by atoms with Gasteiger partial charge in [-0.05, 0) is 24.3 Å². The maximum Gasteiger partial charge on any atom is 0.255 e. The van der Waals surface area contributed by atoms with Crippen LogP contribution in [0, 0.1) is 11.3 Å². The number of piperidine rings is 1. The Morgan fingerprint density at radius 2 is 1.83 bits per heavy atom. The summed E-state index contributed by atoms with van der Waals surface area (Å²) in [7, 11) is 3.36. The Morgan fingerprint density at radius 1 is 1.14 bits per heavy atom. The molecule has 1 aromatic heterocycles. The fourth-order valence-electron chi connectivity index (χ4n) is 5.38.